The highest BCUT2D eigenvalue weighted by Crippen LogP contribution is 2.52. The van der Waals surface area contributed by atoms with Crippen LogP contribution >= 0.6 is 0 Å². The van der Waals surface area contributed by atoms with Gasteiger partial charge in [0, 0.05) is 0 Å². The molecule has 4 aromatic rings. The lowest BCUT2D eigenvalue weighted by atomic mass is 9.60. The van der Waals surface area contributed by atoms with E-state index in [4.69, 9.17) is 0 Å². The summed E-state index contributed by atoms with van der Waals surface area (Å²) in [7, 11) is 0. The van der Waals surface area contributed by atoms with Gasteiger partial charge in [0.15, 0.2) is 0 Å². The average Bonchev–Trinajstić information content (AvgIpc) is 2.03. The monoisotopic (exact) mass is 1180 g/mol. The van der Waals surface area contributed by atoms with Gasteiger partial charge in [-0.15, -0.1) is 0 Å². The number of aliphatic carboxylic acids is 4. The van der Waals surface area contributed by atoms with Crippen LogP contribution in [0.5, 0.6) is 23.0 Å². The summed E-state index contributed by atoms with van der Waals surface area (Å²) in [6.45, 7) is 47.5. The summed E-state index contributed by atoms with van der Waals surface area (Å²) in [5.74, 6) is -10.4. The average molecular weight is 1180 g/mol. The lowest BCUT2D eigenvalue weighted by Crippen LogP contribution is -2.41. The molecule has 12 heteroatoms. The number of carbonyl (C=O) groups is 4. The second kappa shape index (κ2) is 25.0. The standard InChI is InChI=1S/C73H108O12/c1-65(2,3)53-29-45(74)30-54(66(4,5)6)49(53)25-41(61(78)79)37-73(38-42(62(80)81)26-50-55(67(7,8)9)31-46(75)32-56(50)68(10,11)12,39-43(63(82)83)27-51-57(69(13,14)15)33-47(76)34-58(51)70(16,17)18)40-44(64(84)85)28-52-59(71(19,20)21)35-48(77)36-60(52)72(22,23)24/h29-36,41-44,74-77H,25-28,37-40H2,1-24H3,(H,78,79)(H,80,81)(H,82,83)(H,84,85). The number of hydrogen-bond acceptors (Lipinski definition) is 8. The lowest BCUT2D eigenvalue weighted by Gasteiger charge is -2.43. The van der Waals surface area contributed by atoms with E-state index in [2.05, 4.69) is 0 Å². The number of phenolic OH excluding ortho intramolecular Hbond substituents is 4. The van der Waals surface area contributed by atoms with Crippen molar-refractivity contribution in [2.75, 3.05) is 0 Å². The molecule has 0 amide bonds. The molecule has 4 aromatic carbocycles. The number of benzene rings is 4. The lowest BCUT2D eigenvalue weighted by molar-refractivity contribution is -0.147. The van der Waals surface area contributed by atoms with Crippen molar-refractivity contribution in [2.45, 2.75) is 261 Å². The van der Waals surface area contributed by atoms with Gasteiger partial charge in [0.2, 0.25) is 0 Å². The number of hydrogen-bond donors (Lipinski definition) is 8. The Morgan fingerprint density at radius 2 is 0.388 bits per heavy atom. The van der Waals surface area contributed by atoms with E-state index < -0.39 is 96.3 Å². The fourth-order valence-corrected chi connectivity index (χ4v) is 13.4. The number of carboxylic acid groups (broad SMARTS) is 4. The second-order valence-corrected chi connectivity index (χ2v) is 33.4. The van der Waals surface area contributed by atoms with E-state index in [0.717, 1.165) is 0 Å². The molecule has 8 N–H and O–H groups in total. The van der Waals surface area contributed by atoms with Crippen LogP contribution in [-0.4, -0.2) is 64.7 Å². The Labute approximate surface area is 509 Å². The van der Waals surface area contributed by atoms with Crippen molar-refractivity contribution in [3.05, 3.63) is 115 Å². The van der Waals surface area contributed by atoms with E-state index in [-0.39, 0.29) is 74.4 Å². The Balaban J connectivity index is 2.36. The van der Waals surface area contributed by atoms with E-state index in [9.17, 15) is 60.0 Å². The summed E-state index contributed by atoms with van der Waals surface area (Å²) in [5.41, 5.74) is 1.66. The Kier molecular flexibility index (Phi) is 21.0. The molecular weight excluding hydrogens is 1070 g/mol. The molecule has 0 aromatic heterocycles. The van der Waals surface area contributed by atoms with Gasteiger partial charge >= 0.3 is 23.9 Å². The van der Waals surface area contributed by atoms with Crippen LogP contribution in [0, 0.1) is 29.1 Å². The second-order valence-electron chi connectivity index (χ2n) is 33.4. The molecule has 0 heterocycles. The molecule has 0 fully saturated rings. The van der Waals surface area contributed by atoms with Crippen LogP contribution < -0.4 is 0 Å². The molecule has 85 heavy (non-hydrogen) atoms. The highest BCUT2D eigenvalue weighted by Gasteiger charge is 2.47. The van der Waals surface area contributed by atoms with Gasteiger partial charge in [-0.1, -0.05) is 166 Å². The van der Waals surface area contributed by atoms with Crippen LogP contribution in [0.3, 0.4) is 0 Å². The first-order chi connectivity index (χ1) is 38.1. The molecule has 4 unspecified atom stereocenters. The molecule has 0 saturated carbocycles. The van der Waals surface area contributed by atoms with Gasteiger partial charge in [-0.3, -0.25) is 19.2 Å². The number of aromatic hydroxyl groups is 4. The van der Waals surface area contributed by atoms with Gasteiger partial charge in [-0.05, 0) is 215 Å². The minimum atomic E-state index is -1.71. The number of carboxylic acids is 4. The zero-order chi connectivity index (χ0) is 65.7. The quantitative estimate of drug-likeness (QED) is 0.0413. The first-order valence-electron chi connectivity index (χ1n) is 30.5. The van der Waals surface area contributed by atoms with Crippen molar-refractivity contribution in [2.24, 2.45) is 29.1 Å². The zero-order valence-electron chi connectivity index (χ0n) is 56.3. The Bertz CT molecular complexity index is 2540. The van der Waals surface area contributed by atoms with Gasteiger partial charge in [0.1, 0.15) is 23.0 Å². The summed E-state index contributed by atoms with van der Waals surface area (Å²) < 4.78 is 0. The Morgan fingerprint density at radius 3 is 0.482 bits per heavy atom. The van der Waals surface area contributed by atoms with Crippen molar-refractivity contribution in [1.29, 1.82) is 0 Å². The smallest absolute Gasteiger partial charge is 0.306 e. The summed E-state index contributed by atoms with van der Waals surface area (Å²) in [5, 5.41) is 93.1. The van der Waals surface area contributed by atoms with Crippen molar-refractivity contribution in [3.8, 4) is 23.0 Å². The third-order valence-corrected chi connectivity index (χ3v) is 17.3. The summed E-state index contributed by atoms with van der Waals surface area (Å²) in [6.07, 6.45) is -1.86. The van der Waals surface area contributed by atoms with E-state index in [0.29, 0.717) is 66.8 Å². The largest absolute Gasteiger partial charge is 0.508 e. The molecule has 4 atom stereocenters. The van der Waals surface area contributed by atoms with Gasteiger partial charge < -0.3 is 40.9 Å². The molecule has 0 bridgehead atoms. The van der Waals surface area contributed by atoms with Gasteiger partial charge in [-0.25, -0.2) is 0 Å². The first-order valence-corrected chi connectivity index (χ1v) is 30.5. The van der Waals surface area contributed by atoms with Gasteiger partial charge in [0.25, 0.3) is 0 Å². The van der Waals surface area contributed by atoms with E-state index >= 15 is 0 Å². The maximum Gasteiger partial charge on any atom is 0.306 e. The zero-order valence-corrected chi connectivity index (χ0v) is 56.3. The maximum atomic E-state index is 14.7. The number of phenols is 4. The highest BCUT2D eigenvalue weighted by atomic mass is 16.4. The van der Waals surface area contributed by atoms with Crippen LogP contribution in [0.25, 0.3) is 0 Å². The van der Waals surface area contributed by atoms with Crippen LogP contribution in [0.4, 0.5) is 0 Å². The third kappa shape index (κ3) is 18.0. The molecular formula is C73H108O12. The fourth-order valence-electron chi connectivity index (χ4n) is 13.4. The Morgan fingerprint density at radius 1 is 0.271 bits per heavy atom. The number of rotatable bonds is 20. The third-order valence-electron chi connectivity index (χ3n) is 17.3. The normalized spacial score (nSPS) is 15.4. The van der Waals surface area contributed by atoms with Crippen molar-refractivity contribution < 1.29 is 60.0 Å². The van der Waals surface area contributed by atoms with Crippen LogP contribution in [0.1, 0.15) is 259 Å². The van der Waals surface area contributed by atoms with E-state index in [1.807, 2.05) is 166 Å². The highest BCUT2D eigenvalue weighted by molar-refractivity contribution is 5.74. The van der Waals surface area contributed by atoms with Crippen LogP contribution in [0.2, 0.25) is 0 Å². The molecule has 0 aliphatic carbocycles. The summed E-state index contributed by atoms with van der Waals surface area (Å²) in [4.78, 5) is 58.6. The molecule has 12 nitrogen and oxygen atoms in total. The van der Waals surface area contributed by atoms with E-state index in [1.165, 1.54) is 0 Å². The summed E-state index contributed by atoms with van der Waals surface area (Å²) >= 11 is 0. The predicted molar refractivity (Wildman–Crippen MR) is 342 cm³/mol. The maximum absolute atomic E-state index is 14.7. The Hall–Kier alpha value is -6.04. The topological polar surface area (TPSA) is 230 Å². The minimum absolute atomic E-state index is 0.00757. The van der Waals surface area contributed by atoms with Gasteiger partial charge in [0.05, 0.1) is 23.7 Å². The summed E-state index contributed by atoms with van der Waals surface area (Å²) in [6, 6.07) is 13.3. The molecule has 0 aliphatic heterocycles. The molecule has 0 spiro atoms. The van der Waals surface area contributed by atoms with Crippen molar-refractivity contribution in [1.82, 2.24) is 0 Å². The van der Waals surface area contributed by atoms with E-state index in [1.54, 1.807) is 48.5 Å². The fraction of sp³-hybridized carbons (Fsp3) is 0.616. The molecule has 0 aliphatic rings. The first kappa shape index (κ1) is 71.4. The van der Waals surface area contributed by atoms with Crippen LogP contribution in [0.15, 0.2) is 48.5 Å². The SMILES string of the molecule is CC(C)(C)c1cc(O)cc(C(C)(C)C)c1CC(CC(CC(Cc1c(C(C)(C)C)cc(O)cc1C(C)(C)C)C(=O)O)(CC(Cc1c(C(C)(C)C)cc(O)cc1C(C)(C)C)C(=O)O)CC(Cc1c(C(C)(C)C)cc(O)cc1C(C)(C)C)C(=O)O)C(=O)O. The minimum Gasteiger partial charge on any atom is -0.508 e. The molecule has 4 rings (SSSR count). The molecule has 0 radical (unpaired) electrons. The van der Waals surface area contributed by atoms with Crippen LogP contribution in [-0.2, 0) is 88.2 Å². The molecule has 0 saturated heterocycles. The van der Waals surface area contributed by atoms with Crippen molar-refractivity contribution in [3.63, 3.8) is 0 Å². The molecule has 472 valence electrons. The predicted octanol–water partition coefficient (Wildman–Crippen LogP) is 16.5. The van der Waals surface area contributed by atoms with Crippen molar-refractivity contribution >= 4 is 23.9 Å². The van der Waals surface area contributed by atoms with Gasteiger partial charge in [-0.2, -0.15) is 0 Å².